The van der Waals surface area contributed by atoms with Gasteiger partial charge >= 0.3 is 0 Å². The lowest BCUT2D eigenvalue weighted by Crippen LogP contribution is -2.29. The van der Waals surface area contributed by atoms with Crippen molar-refractivity contribution in [3.8, 4) is 5.75 Å². The van der Waals surface area contributed by atoms with Crippen molar-refractivity contribution in [2.45, 2.75) is 26.2 Å². The van der Waals surface area contributed by atoms with E-state index >= 15 is 0 Å². The van der Waals surface area contributed by atoms with Gasteiger partial charge in [-0.1, -0.05) is 11.6 Å². The van der Waals surface area contributed by atoms with Gasteiger partial charge in [0.1, 0.15) is 12.4 Å². The average Bonchev–Trinajstić information content (AvgIpc) is 3.19. The van der Waals surface area contributed by atoms with Gasteiger partial charge in [-0.15, -0.1) is 11.3 Å². The maximum atomic E-state index is 12.8. The predicted octanol–water partition coefficient (Wildman–Crippen LogP) is 3.83. The fraction of sp³-hybridized carbons (Fsp3) is 0.250. The minimum atomic E-state index is -1.53. The number of benzene rings is 1. The van der Waals surface area contributed by atoms with Gasteiger partial charge in [-0.05, 0) is 19.1 Å². The fourth-order valence-electron chi connectivity index (χ4n) is 2.18. The normalized spacial score (nSPS) is 12.3. The Kier molecular flexibility index (Phi) is 5.01. The number of nitrogens with zero attached hydrogens (tertiary/aromatic N) is 1. The zero-order valence-corrected chi connectivity index (χ0v) is 14.4. The Balaban J connectivity index is 1.73. The van der Waals surface area contributed by atoms with Crippen molar-refractivity contribution in [2.75, 3.05) is 0 Å². The van der Waals surface area contributed by atoms with Crippen LogP contribution < -0.4 is 10.1 Å². The van der Waals surface area contributed by atoms with Crippen LogP contribution in [0.4, 0.5) is 4.39 Å². The minimum absolute atomic E-state index is 0.217. The van der Waals surface area contributed by atoms with Crippen molar-refractivity contribution in [3.63, 3.8) is 0 Å². The van der Waals surface area contributed by atoms with E-state index < -0.39 is 12.1 Å². The first kappa shape index (κ1) is 16.7. The Morgan fingerprint density at radius 1 is 1.50 bits per heavy atom. The highest BCUT2D eigenvalue weighted by molar-refractivity contribution is 7.07. The van der Waals surface area contributed by atoms with Crippen molar-refractivity contribution in [3.05, 3.63) is 45.5 Å². The summed E-state index contributed by atoms with van der Waals surface area (Å²) in [6.45, 7) is 1.76. The zero-order valence-electron chi connectivity index (χ0n) is 12.8. The van der Waals surface area contributed by atoms with Crippen molar-refractivity contribution >= 4 is 39.7 Å². The third-order valence-electron chi connectivity index (χ3n) is 3.40. The monoisotopic (exact) mass is 367 g/mol. The molecule has 1 atom stereocenters. The summed E-state index contributed by atoms with van der Waals surface area (Å²) in [5.74, 6) is -0.0917. The lowest BCUT2D eigenvalue weighted by molar-refractivity contribution is -0.125. The van der Waals surface area contributed by atoms with Crippen molar-refractivity contribution in [1.29, 1.82) is 0 Å². The number of nitrogens with one attached hydrogen (secondary N) is 2. The summed E-state index contributed by atoms with van der Waals surface area (Å²) in [5.41, 5.74) is 4.16. The second kappa shape index (κ2) is 7.19. The molecule has 0 fully saturated rings. The molecule has 0 aliphatic carbocycles. The third kappa shape index (κ3) is 3.85. The van der Waals surface area contributed by atoms with Crippen LogP contribution in [-0.4, -0.2) is 22.0 Å². The van der Waals surface area contributed by atoms with E-state index in [1.165, 1.54) is 18.3 Å². The van der Waals surface area contributed by atoms with Crippen LogP contribution in [0.1, 0.15) is 18.3 Å². The fourth-order valence-corrected chi connectivity index (χ4v) is 2.95. The van der Waals surface area contributed by atoms with Crippen LogP contribution in [0.15, 0.2) is 29.1 Å². The summed E-state index contributed by atoms with van der Waals surface area (Å²) in [4.78, 5) is 18.6. The molecule has 2 heterocycles. The number of aromatic nitrogens is 2. The van der Waals surface area contributed by atoms with Gasteiger partial charge in [-0.2, -0.15) is 0 Å². The number of ether oxygens (including phenoxy) is 1. The topological polar surface area (TPSA) is 67.0 Å². The van der Waals surface area contributed by atoms with Gasteiger partial charge in [0, 0.05) is 28.0 Å². The number of carbonyl (C=O) groups is 1. The lowest BCUT2D eigenvalue weighted by atomic mass is 10.2. The number of H-pyrrole nitrogens is 1. The van der Waals surface area contributed by atoms with E-state index in [-0.39, 0.29) is 6.54 Å². The Labute approximate surface area is 146 Å². The highest BCUT2D eigenvalue weighted by atomic mass is 35.5. The lowest BCUT2D eigenvalue weighted by Gasteiger charge is -2.06. The summed E-state index contributed by atoms with van der Waals surface area (Å²) in [6, 6.07) is 5.44. The Morgan fingerprint density at radius 2 is 2.33 bits per heavy atom. The van der Waals surface area contributed by atoms with E-state index in [4.69, 9.17) is 16.3 Å². The van der Waals surface area contributed by atoms with Gasteiger partial charge in [0.2, 0.25) is 0 Å². The van der Waals surface area contributed by atoms with Crippen LogP contribution in [0, 0.1) is 0 Å². The molecule has 0 radical (unpaired) electrons. The Hall–Kier alpha value is -2.12. The van der Waals surface area contributed by atoms with Crippen molar-refractivity contribution in [1.82, 2.24) is 15.3 Å². The number of halogens is 2. The molecular formula is C16H15ClFN3O2S. The van der Waals surface area contributed by atoms with Gasteiger partial charge in [0.25, 0.3) is 5.91 Å². The number of thiazole rings is 1. The molecule has 24 heavy (non-hydrogen) atoms. The van der Waals surface area contributed by atoms with Crippen molar-refractivity contribution < 1.29 is 13.9 Å². The largest absolute Gasteiger partial charge is 0.486 e. The second-order valence-corrected chi connectivity index (χ2v) is 6.39. The highest BCUT2D eigenvalue weighted by Crippen LogP contribution is 2.31. The molecule has 0 spiro atoms. The van der Waals surface area contributed by atoms with Crippen molar-refractivity contribution in [2.24, 2.45) is 0 Å². The molecule has 1 aromatic carbocycles. The number of amides is 1. The van der Waals surface area contributed by atoms with E-state index in [1.54, 1.807) is 17.6 Å². The van der Waals surface area contributed by atoms with Crippen LogP contribution in [-0.2, 0) is 17.9 Å². The molecule has 2 aromatic heterocycles. The summed E-state index contributed by atoms with van der Waals surface area (Å²) >= 11 is 7.75. The van der Waals surface area contributed by atoms with Gasteiger partial charge in [0.15, 0.2) is 6.17 Å². The maximum absolute atomic E-state index is 12.8. The van der Waals surface area contributed by atoms with Gasteiger partial charge in [0.05, 0.1) is 22.8 Å². The number of fused-ring (bicyclic) bond motifs is 1. The van der Waals surface area contributed by atoms with Crippen LogP contribution in [0.3, 0.4) is 0 Å². The number of carbonyl (C=O) groups excluding carboxylic acids is 1. The van der Waals surface area contributed by atoms with Gasteiger partial charge in [-0.25, -0.2) is 9.37 Å². The van der Waals surface area contributed by atoms with E-state index in [9.17, 15) is 9.18 Å². The molecule has 0 unspecified atom stereocenters. The van der Waals surface area contributed by atoms with Gasteiger partial charge < -0.3 is 15.0 Å². The number of rotatable bonds is 6. The Morgan fingerprint density at radius 3 is 3.04 bits per heavy atom. The smallest absolute Gasteiger partial charge is 0.254 e. The van der Waals surface area contributed by atoms with Crippen LogP contribution >= 0.6 is 22.9 Å². The van der Waals surface area contributed by atoms with Crippen LogP contribution in [0.2, 0.25) is 5.02 Å². The minimum Gasteiger partial charge on any atom is -0.486 e. The van der Waals surface area contributed by atoms with E-state index in [0.29, 0.717) is 17.4 Å². The number of hydrogen-bond acceptors (Lipinski definition) is 4. The molecule has 0 aliphatic rings. The summed E-state index contributed by atoms with van der Waals surface area (Å²) < 4.78 is 18.5. The molecule has 3 rings (SSSR count). The standard InChI is InChI=1S/C16H15ClFN3O2S/c1-9(18)16(22)19-5-11-2-10-3-13(17)15(4-14(10)21-11)23-6-12-7-24-8-20-12/h2-4,7-9,21H,5-6H2,1H3,(H,19,22)/t9-/m0/s1. The molecular weight excluding hydrogens is 353 g/mol. The zero-order chi connectivity index (χ0) is 17.1. The summed E-state index contributed by atoms with van der Waals surface area (Å²) in [6.07, 6.45) is -1.53. The SMILES string of the molecule is C[C@H](F)C(=O)NCc1cc2cc(Cl)c(OCc3cscn3)cc2[nH]1. The van der Waals surface area contributed by atoms with Crippen LogP contribution in [0.25, 0.3) is 10.9 Å². The molecule has 3 aromatic rings. The molecule has 5 nitrogen and oxygen atoms in total. The second-order valence-electron chi connectivity index (χ2n) is 5.27. The molecule has 0 bridgehead atoms. The maximum Gasteiger partial charge on any atom is 0.254 e. The first-order chi connectivity index (χ1) is 11.5. The molecule has 0 saturated heterocycles. The number of alkyl halides is 1. The summed E-state index contributed by atoms with van der Waals surface area (Å²) in [5, 5.41) is 5.80. The molecule has 1 amide bonds. The summed E-state index contributed by atoms with van der Waals surface area (Å²) in [7, 11) is 0. The van der Waals surface area contributed by atoms with E-state index in [1.807, 2.05) is 11.4 Å². The molecule has 0 aliphatic heterocycles. The quantitative estimate of drug-likeness (QED) is 0.695. The molecule has 2 N–H and O–H groups in total. The van der Waals surface area contributed by atoms with E-state index in [2.05, 4.69) is 15.3 Å². The molecule has 0 saturated carbocycles. The highest BCUT2D eigenvalue weighted by Gasteiger charge is 2.12. The van der Waals surface area contributed by atoms with Gasteiger partial charge in [-0.3, -0.25) is 4.79 Å². The average molecular weight is 368 g/mol. The molecule has 8 heteroatoms. The van der Waals surface area contributed by atoms with Crippen LogP contribution in [0.5, 0.6) is 5.75 Å². The van der Waals surface area contributed by atoms with E-state index in [0.717, 1.165) is 22.3 Å². The third-order valence-corrected chi connectivity index (χ3v) is 4.33. The Bertz CT molecular complexity index is 849. The number of aromatic amines is 1. The predicted molar refractivity (Wildman–Crippen MR) is 92.2 cm³/mol. The molecule has 126 valence electrons. The number of hydrogen-bond donors (Lipinski definition) is 2. The first-order valence-corrected chi connectivity index (χ1v) is 8.58. The first-order valence-electron chi connectivity index (χ1n) is 7.25.